The number of benzene rings is 1. The molecule has 0 unspecified atom stereocenters. The van der Waals surface area contributed by atoms with Crippen molar-refractivity contribution >= 4 is 5.90 Å². The van der Waals surface area contributed by atoms with Crippen LogP contribution in [0.1, 0.15) is 44.0 Å². The van der Waals surface area contributed by atoms with Crippen LogP contribution in [0, 0.1) is 0 Å². The topological polar surface area (TPSA) is 48.6 Å². The quantitative estimate of drug-likeness (QED) is 0.699. The van der Waals surface area contributed by atoms with Crippen molar-refractivity contribution in [1.82, 2.24) is 9.71 Å². The van der Waals surface area contributed by atoms with Crippen molar-refractivity contribution in [2.45, 2.75) is 39.0 Å². The molecule has 2 aromatic rings. The Labute approximate surface area is 136 Å². The van der Waals surface area contributed by atoms with Gasteiger partial charge in [-0.25, -0.2) is 9.98 Å². The summed E-state index contributed by atoms with van der Waals surface area (Å²) >= 11 is 0. The van der Waals surface area contributed by atoms with Gasteiger partial charge < -0.3 is 9.57 Å². The van der Waals surface area contributed by atoms with Crippen molar-refractivity contribution in [3.63, 3.8) is 0 Å². The lowest BCUT2D eigenvalue weighted by molar-refractivity contribution is 0.204. The molecule has 0 radical (unpaired) electrons. The summed E-state index contributed by atoms with van der Waals surface area (Å²) < 4.78 is 7.22. The van der Waals surface area contributed by atoms with Crippen molar-refractivity contribution in [2.24, 2.45) is 4.99 Å². The van der Waals surface area contributed by atoms with Crippen LogP contribution < -0.4 is 4.84 Å². The molecule has 0 fully saturated rings. The monoisotopic (exact) mass is 313 g/mol. The Morgan fingerprint density at radius 1 is 1.17 bits per heavy atom. The molecule has 0 aliphatic carbocycles. The van der Waals surface area contributed by atoms with Gasteiger partial charge in [-0.3, -0.25) is 0 Å². The first kappa shape index (κ1) is 15.6. The molecular weight excluding hydrogens is 290 g/mol. The number of aromatic nitrogens is 2. The summed E-state index contributed by atoms with van der Waals surface area (Å²) in [5.74, 6) is 2.46. The molecule has 5 heteroatoms. The van der Waals surface area contributed by atoms with E-state index in [4.69, 9.17) is 9.57 Å². The number of nitrogens with zero attached hydrogens (tertiary/aromatic N) is 3. The minimum Gasteiger partial charge on any atom is -0.476 e. The maximum absolute atomic E-state index is 5.90. The molecule has 0 N–H and O–H groups in total. The second-order valence-corrected chi connectivity index (χ2v) is 5.63. The van der Waals surface area contributed by atoms with Crippen molar-refractivity contribution in [3.05, 3.63) is 48.0 Å². The van der Waals surface area contributed by atoms with Crippen LogP contribution in [0.25, 0.3) is 0 Å². The highest BCUT2D eigenvalue weighted by atomic mass is 16.7. The molecule has 1 aliphatic rings. The molecule has 0 atom stereocenters. The van der Waals surface area contributed by atoms with Crippen LogP contribution >= 0.6 is 0 Å². The molecule has 5 nitrogen and oxygen atoms in total. The first-order valence-electron chi connectivity index (χ1n) is 8.35. The first-order chi connectivity index (χ1) is 11.4. The maximum atomic E-state index is 5.90. The number of ether oxygens (including phenoxy) is 1. The lowest BCUT2D eigenvalue weighted by Crippen LogP contribution is -2.09. The predicted molar refractivity (Wildman–Crippen MR) is 89.9 cm³/mol. The summed E-state index contributed by atoms with van der Waals surface area (Å²) in [6, 6.07) is 7.80. The third-order valence-corrected chi connectivity index (χ3v) is 3.82. The predicted octanol–water partition coefficient (Wildman–Crippen LogP) is 3.62. The summed E-state index contributed by atoms with van der Waals surface area (Å²) in [6.45, 7) is 3.63. The van der Waals surface area contributed by atoms with Crippen LogP contribution in [0.2, 0.25) is 0 Å². The normalized spacial score (nSPS) is 13.7. The number of aryl methyl sites for hydroxylation is 1. The number of aliphatic imine (C=N–C) groups is 1. The second kappa shape index (κ2) is 7.81. The van der Waals surface area contributed by atoms with Gasteiger partial charge in [0.15, 0.2) is 5.75 Å². The summed E-state index contributed by atoms with van der Waals surface area (Å²) in [7, 11) is 0. The van der Waals surface area contributed by atoms with Crippen LogP contribution in [-0.2, 0) is 11.2 Å². The van der Waals surface area contributed by atoms with Crippen LogP contribution in [0.5, 0.6) is 5.75 Å². The highest BCUT2D eigenvalue weighted by Gasteiger charge is 2.10. The lowest BCUT2D eigenvalue weighted by Gasteiger charge is -2.10. The van der Waals surface area contributed by atoms with Gasteiger partial charge in [0.05, 0.1) is 12.7 Å². The van der Waals surface area contributed by atoms with E-state index < -0.39 is 0 Å². The van der Waals surface area contributed by atoms with Crippen molar-refractivity contribution in [1.29, 1.82) is 0 Å². The van der Waals surface area contributed by atoms with Gasteiger partial charge in [-0.05, 0) is 30.7 Å². The molecule has 2 heterocycles. The molecule has 0 saturated heterocycles. The van der Waals surface area contributed by atoms with Crippen molar-refractivity contribution < 1.29 is 9.57 Å². The Balaban J connectivity index is 1.60. The van der Waals surface area contributed by atoms with Crippen LogP contribution in [0.3, 0.4) is 0 Å². The van der Waals surface area contributed by atoms with E-state index in [1.54, 1.807) is 10.9 Å². The lowest BCUT2D eigenvalue weighted by atomic mass is 10.1. The van der Waals surface area contributed by atoms with Gasteiger partial charge in [-0.15, -0.1) is 0 Å². The number of hydrogen-bond acceptors (Lipinski definition) is 4. The zero-order chi connectivity index (χ0) is 15.9. The summed E-state index contributed by atoms with van der Waals surface area (Å²) in [5.41, 5.74) is 0.986. The first-order valence-corrected chi connectivity index (χ1v) is 8.35. The third kappa shape index (κ3) is 4.12. The minimum atomic E-state index is 0.671. The largest absolute Gasteiger partial charge is 0.476 e. The molecule has 3 rings (SSSR count). The van der Waals surface area contributed by atoms with E-state index >= 15 is 0 Å². The Morgan fingerprint density at radius 2 is 2.04 bits per heavy atom. The number of hydrogen-bond donors (Lipinski definition) is 0. The van der Waals surface area contributed by atoms with E-state index in [-0.39, 0.29) is 0 Å². The standard InChI is InChI=1S/C18H23N3O2/c1-2-3-4-5-6-17-19-11-13-21(17)23-16-9-7-15(8-10-16)18-20-12-14-22-18/h7-11,13H,2-6,12,14H2,1H3. The Hall–Kier alpha value is -2.30. The van der Waals surface area contributed by atoms with Gasteiger partial charge in [-0.1, -0.05) is 26.2 Å². The Bertz CT molecular complexity index is 647. The Morgan fingerprint density at radius 3 is 2.78 bits per heavy atom. The zero-order valence-electron chi connectivity index (χ0n) is 13.6. The maximum Gasteiger partial charge on any atom is 0.216 e. The van der Waals surface area contributed by atoms with Crippen LogP contribution in [-0.4, -0.2) is 28.8 Å². The third-order valence-electron chi connectivity index (χ3n) is 3.82. The highest BCUT2D eigenvalue weighted by molar-refractivity contribution is 5.94. The number of imidazole rings is 1. The van der Waals surface area contributed by atoms with Crippen LogP contribution in [0.4, 0.5) is 0 Å². The molecule has 1 aliphatic heterocycles. The smallest absolute Gasteiger partial charge is 0.216 e. The van der Waals surface area contributed by atoms with E-state index in [9.17, 15) is 0 Å². The molecule has 23 heavy (non-hydrogen) atoms. The molecule has 1 aromatic carbocycles. The molecular formula is C18H23N3O2. The molecule has 0 saturated carbocycles. The van der Waals surface area contributed by atoms with Crippen molar-refractivity contribution in [3.8, 4) is 5.75 Å². The molecule has 0 bridgehead atoms. The van der Waals surface area contributed by atoms with Crippen molar-refractivity contribution in [2.75, 3.05) is 13.2 Å². The van der Waals surface area contributed by atoms with E-state index in [1.165, 1.54) is 19.3 Å². The minimum absolute atomic E-state index is 0.671. The average molecular weight is 313 g/mol. The average Bonchev–Trinajstić information content (AvgIpc) is 3.25. The fraction of sp³-hybridized carbons (Fsp3) is 0.444. The summed E-state index contributed by atoms with van der Waals surface area (Å²) in [5, 5.41) is 0. The molecule has 0 spiro atoms. The highest BCUT2D eigenvalue weighted by Crippen LogP contribution is 2.16. The molecule has 1 aromatic heterocycles. The van der Waals surface area contributed by atoms with Gasteiger partial charge in [0, 0.05) is 18.2 Å². The van der Waals surface area contributed by atoms with Gasteiger partial charge >= 0.3 is 0 Å². The van der Waals surface area contributed by atoms with E-state index in [2.05, 4.69) is 16.9 Å². The van der Waals surface area contributed by atoms with Gasteiger partial charge in [-0.2, -0.15) is 4.73 Å². The summed E-state index contributed by atoms with van der Waals surface area (Å²) in [6.07, 6.45) is 9.47. The van der Waals surface area contributed by atoms with Crippen LogP contribution in [0.15, 0.2) is 41.7 Å². The number of rotatable bonds is 8. The SMILES string of the molecule is CCCCCCc1nccn1Oc1ccc(C2=NCCO2)cc1. The van der Waals surface area contributed by atoms with E-state index in [1.807, 2.05) is 30.5 Å². The van der Waals surface area contributed by atoms with E-state index in [0.717, 1.165) is 42.4 Å². The molecule has 122 valence electrons. The van der Waals surface area contributed by atoms with Gasteiger partial charge in [0.25, 0.3) is 0 Å². The molecule has 0 amide bonds. The van der Waals surface area contributed by atoms with Gasteiger partial charge in [0.1, 0.15) is 12.4 Å². The fourth-order valence-electron chi connectivity index (χ4n) is 2.57. The zero-order valence-corrected chi connectivity index (χ0v) is 13.6. The van der Waals surface area contributed by atoms with Gasteiger partial charge in [0.2, 0.25) is 5.90 Å². The summed E-state index contributed by atoms with van der Waals surface area (Å²) in [4.78, 5) is 14.6. The number of unbranched alkanes of at least 4 members (excludes halogenated alkanes) is 3. The fourth-order valence-corrected chi connectivity index (χ4v) is 2.57. The second-order valence-electron chi connectivity index (χ2n) is 5.63. The Kier molecular flexibility index (Phi) is 5.29. The van der Waals surface area contributed by atoms with E-state index in [0.29, 0.717) is 6.61 Å².